The van der Waals surface area contributed by atoms with E-state index < -0.39 is 0 Å². The van der Waals surface area contributed by atoms with Crippen molar-refractivity contribution in [1.29, 1.82) is 5.26 Å². The molecule has 0 aliphatic rings. The second-order valence-electron chi connectivity index (χ2n) is 2.71. The van der Waals surface area contributed by atoms with Gasteiger partial charge in [0.2, 0.25) is 5.82 Å². The van der Waals surface area contributed by atoms with Gasteiger partial charge in [-0.05, 0) is 6.92 Å². The van der Waals surface area contributed by atoms with E-state index in [0.29, 0.717) is 12.4 Å². The smallest absolute Gasteiger partial charge is 0.213 e. The van der Waals surface area contributed by atoms with Gasteiger partial charge < -0.3 is 4.57 Å². The average molecular weight is 205 g/mol. The maximum absolute atomic E-state index is 8.72. The average Bonchev–Trinajstić information content (AvgIpc) is 2.76. The van der Waals surface area contributed by atoms with Crippen molar-refractivity contribution in [3.63, 3.8) is 0 Å². The molecular formula is C8H7N5S. The first-order chi connectivity index (χ1) is 6.79. The third kappa shape index (κ3) is 1.63. The van der Waals surface area contributed by atoms with E-state index in [-0.39, 0.29) is 0 Å². The maximum Gasteiger partial charge on any atom is 0.213 e. The van der Waals surface area contributed by atoms with Crippen LogP contribution in [-0.2, 0) is 6.54 Å². The number of nitriles is 1. The van der Waals surface area contributed by atoms with Crippen molar-refractivity contribution >= 4 is 11.3 Å². The highest BCUT2D eigenvalue weighted by atomic mass is 32.1. The lowest BCUT2D eigenvalue weighted by Gasteiger charge is -1.97. The Morgan fingerprint density at radius 2 is 2.43 bits per heavy atom. The van der Waals surface area contributed by atoms with Crippen LogP contribution in [0.15, 0.2) is 12.4 Å². The molecule has 0 saturated carbocycles. The topological polar surface area (TPSA) is 67.4 Å². The predicted octanol–water partition coefficient (Wildman–Crippen LogP) is 0.963. The Morgan fingerprint density at radius 1 is 1.57 bits per heavy atom. The summed E-state index contributed by atoms with van der Waals surface area (Å²) >= 11 is 1.52. The van der Waals surface area contributed by atoms with E-state index in [9.17, 15) is 0 Å². The van der Waals surface area contributed by atoms with Gasteiger partial charge in [-0.1, -0.05) is 11.3 Å². The van der Waals surface area contributed by atoms with Gasteiger partial charge in [0.1, 0.15) is 16.1 Å². The Morgan fingerprint density at radius 3 is 3.07 bits per heavy atom. The minimum Gasteiger partial charge on any atom is -0.316 e. The van der Waals surface area contributed by atoms with E-state index in [2.05, 4.69) is 15.2 Å². The molecule has 0 N–H and O–H groups in total. The number of nitrogens with zero attached hydrogens (tertiary/aromatic N) is 5. The van der Waals surface area contributed by atoms with Crippen LogP contribution in [-0.4, -0.2) is 19.7 Å². The fourth-order valence-electron chi connectivity index (χ4n) is 1.10. The molecule has 0 amide bonds. The largest absolute Gasteiger partial charge is 0.316 e. The first-order valence-corrected chi connectivity index (χ1v) is 4.81. The normalized spacial score (nSPS) is 10.0. The monoisotopic (exact) mass is 205 g/mol. The van der Waals surface area contributed by atoms with E-state index in [1.165, 1.54) is 11.3 Å². The zero-order valence-electron chi connectivity index (χ0n) is 7.51. The molecule has 0 radical (unpaired) electrons. The van der Waals surface area contributed by atoms with Gasteiger partial charge >= 0.3 is 0 Å². The lowest BCUT2D eigenvalue weighted by atomic mass is 10.6. The minimum absolute atomic E-state index is 0.401. The molecule has 5 nitrogen and oxygen atoms in total. The SMILES string of the molecule is Cc1nnc(Cn2ccnc2C#N)s1. The molecule has 14 heavy (non-hydrogen) atoms. The highest BCUT2D eigenvalue weighted by Gasteiger charge is 2.05. The Bertz CT molecular complexity index is 478. The number of imidazole rings is 1. The summed E-state index contributed by atoms with van der Waals surface area (Å²) in [6.07, 6.45) is 3.36. The fourth-order valence-corrected chi connectivity index (χ4v) is 1.80. The van der Waals surface area contributed by atoms with Crippen molar-refractivity contribution in [2.45, 2.75) is 13.5 Å². The van der Waals surface area contributed by atoms with E-state index in [1.807, 2.05) is 13.0 Å². The zero-order valence-corrected chi connectivity index (χ0v) is 8.32. The standard InChI is InChI=1S/C8H7N5S/c1-6-11-12-8(14-6)5-13-3-2-10-7(13)4-9/h2-3H,5H2,1H3. The molecule has 0 atom stereocenters. The minimum atomic E-state index is 0.401. The summed E-state index contributed by atoms with van der Waals surface area (Å²) in [7, 11) is 0. The van der Waals surface area contributed by atoms with Gasteiger partial charge in [-0.3, -0.25) is 0 Å². The lowest BCUT2D eigenvalue weighted by Crippen LogP contribution is -2.00. The summed E-state index contributed by atoms with van der Waals surface area (Å²) in [6, 6.07) is 2.01. The van der Waals surface area contributed by atoms with Gasteiger partial charge in [-0.15, -0.1) is 10.2 Å². The van der Waals surface area contributed by atoms with Crippen LogP contribution in [0.5, 0.6) is 0 Å². The molecule has 0 bridgehead atoms. The Labute approximate surface area is 84.7 Å². The van der Waals surface area contributed by atoms with Crippen molar-refractivity contribution in [2.24, 2.45) is 0 Å². The van der Waals surface area contributed by atoms with E-state index in [0.717, 1.165) is 10.0 Å². The first-order valence-electron chi connectivity index (χ1n) is 4.00. The second kappa shape index (κ2) is 3.55. The summed E-state index contributed by atoms with van der Waals surface area (Å²) in [5.74, 6) is 0.401. The second-order valence-corrected chi connectivity index (χ2v) is 3.97. The summed E-state index contributed by atoms with van der Waals surface area (Å²) in [4.78, 5) is 3.90. The summed E-state index contributed by atoms with van der Waals surface area (Å²) in [5.41, 5.74) is 0. The van der Waals surface area contributed by atoms with Crippen LogP contribution in [0.1, 0.15) is 15.8 Å². The number of aromatic nitrogens is 4. The zero-order chi connectivity index (χ0) is 9.97. The molecule has 0 aliphatic heterocycles. The number of aryl methyl sites for hydroxylation is 1. The van der Waals surface area contributed by atoms with Crippen LogP contribution < -0.4 is 0 Å². The molecule has 70 valence electrons. The summed E-state index contributed by atoms with van der Waals surface area (Å²) in [6.45, 7) is 2.47. The molecule has 0 aromatic carbocycles. The molecular weight excluding hydrogens is 198 g/mol. The fraction of sp³-hybridized carbons (Fsp3) is 0.250. The van der Waals surface area contributed by atoms with Gasteiger partial charge in [0.05, 0.1) is 6.54 Å². The van der Waals surface area contributed by atoms with Crippen molar-refractivity contribution < 1.29 is 0 Å². The molecule has 2 rings (SSSR count). The van der Waals surface area contributed by atoms with Crippen molar-refractivity contribution in [3.8, 4) is 6.07 Å². The molecule has 2 aromatic rings. The molecule has 0 spiro atoms. The quantitative estimate of drug-likeness (QED) is 0.732. The van der Waals surface area contributed by atoms with Crippen LogP contribution in [0.2, 0.25) is 0 Å². The Balaban J connectivity index is 2.23. The van der Waals surface area contributed by atoms with Crippen LogP contribution in [0.25, 0.3) is 0 Å². The van der Waals surface area contributed by atoms with Crippen LogP contribution in [0.4, 0.5) is 0 Å². The molecule has 2 aromatic heterocycles. The maximum atomic E-state index is 8.72. The molecule has 2 heterocycles. The van der Waals surface area contributed by atoms with Crippen LogP contribution >= 0.6 is 11.3 Å². The Kier molecular flexibility index (Phi) is 2.24. The molecule has 0 fully saturated rings. The Hall–Kier alpha value is -1.74. The van der Waals surface area contributed by atoms with Gasteiger partial charge in [-0.25, -0.2) is 4.98 Å². The molecule has 6 heteroatoms. The number of hydrogen-bond acceptors (Lipinski definition) is 5. The molecule has 0 unspecified atom stereocenters. The van der Waals surface area contributed by atoms with Gasteiger partial charge in [-0.2, -0.15) is 5.26 Å². The van der Waals surface area contributed by atoms with Crippen LogP contribution in [0, 0.1) is 18.3 Å². The van der Waals surface area contributed by atoms with Gasteiger partial charge in [0, 0.05) is 12.4 Å². The molecule has 0 saturated heterocycles. The van der Waals surface area contributed by atoms with Crippen molar-refractivity contribution in [1.82, 2.24) is 19.7 Å². The lowest BCUT2D eigenvalue weighted by molar-refractivity contribution is 0.763. The van der Waals surface area contributed by atoms with Crippen LogP contribution in [0.3, 0.4) is 0 Å². The highest BCUT2D eigenvalue weighted by Crippen LogP contribution is 2.10. The van der Waals surface area contributed by atoms with Gasteiger partial charge in [0.25, 0.3) is 0 Å². The van der Waals surface area contributed by atoms with Crippen molar-refractivity contribution in [2.75, 3.05) is 0 Å². The third-order valence-electron chi connectivity index (χ3n) is 1.69. The predicted molar refractivity (Wildman–Crippen MR) is 50.7 cm³/mol. The molecule has 0 aliphatic carbocycles. The van der Waals surface area contributed by atoms with E-state index >= 15 is 0 Å². The van der Waals surface area contributed by atoms with Gasteiger partial charge in [0.15, 0.2) is 0 Å². The number of rotatable bonds is 2. The van der Waals surface area contributed by atoms with Crippen molar-refractivity contribution in [3.05, 3.63) is 28.2 Å². The number of hydrogen-bond donors (Lipinski definition) is 0. The first kappa shape index (κ1) is 8.84. The summed E-state index contributed by atoms with van der Waals surface area (Å²) < 4.78 is 1.75. The highest BCUT2D eigenvalue weighted by molar-refractivity contribution is 7.11. The third-order valence-corrected chi connectivity index (χ3v) is 2.51. The van der Waals surface area contributed by atoms with E-state index in [1.54, 1.807) is 17.0 Å². The summed E-state index contributed by atoms with van der Waals surface area (Å²) in [5, 5.41) is 18.4. The van der Waals surface area contributed by atoms with E-state index in [4.69, 9.17) is 5.26 Å².